The summed E-state index contributed by atoms with van der Waals surface area (Å²) in [5.74, 6) is 0.392. The highest BCUT2D eigenvalue weighted by Crippen LogP contribution is 2.11. The van der Waals surface area contributed by atoms with Crippen molar-refractivity contribution in [3.8, 4) is 0 Å². The smallest absolute Gasteiger partial charge is 0.250 e. The number of nitrogens with two attached hydrogens (primary N) is 1. The van der Waals surface area contributed by atoms with Gasteiger partial charge in [-0.2, -0.15) is 0 Å². The van der Waals surface area contributed by atoms with Gasteiger partial charge in [-0.05, 0) is 41.3 Å². The Labute approximate surface area is 182 Å². The summed E-state index contributed by atoms with van der Waals surface area (Å²) < 4.78 is 1.68. The number of guanidine groups is 1. The second kappa shape index (κ2) is 10.7. The van der Waals surface area contributed by atoms with E-state index in [-0.39, 0.29) is 29.5 Å². The number of hydrogen-bond donors (Lipinski definition) is 2. The largest absolute Gasteiger partial charge is 0.370 e. The highest BCUT2D eigenvalue weighted by molar-refractivity contribution is 14.0. The molecule has 0 fully saturated rings. The summed E-state index contributed by atoms with van der Waals surface area (Å²) in [6.07, 6.45) is 2.77. The molecule has 0 amide bonds. The summed E-state index contributed by atoms with van der Waals surface area (Å²) in [5, 5.41) is 3.13. The van der Waals surface area contributed by atoms with E-state index in [0.717, 1.165) is 23.2 Å². The van der Waals surface area contributed by atoms with Gasteiger partial charge < -0.3 is 15.6 Å². The highest BCUT2D eigenvalue weighted by Gasteiger charge is 2.00. The molecule has 0 radical (unpaired) electrons. The topological polar surface area (TPSA) is 72.4 Å². The van der Waals surface area contributed by atoms with Crippen LogP contribution in [0.5, 0.6) is 0 Å². The fourth-order valence-corrected chi connectivity index (χ4v) is 2.77. The van der Waals surface area contributed by atoms with Gasteiger partial charge in [-0.1, -0.05) is 49.4 Å². The van der Waals surface area contributed by atoms with E-state index >= 15 is 0 Å². The van der Waals surface area contributed by atoms with Crippen LogP contribution >= 0.6 is 24.0 Å². The molecule has 0 aliphatic carbocycles. The molecule has 0 unspecified atom stereocenters. The van der Waals surface area contributed by atoms with Gasteiger partial charge in [0.2, 0.25) is 0 Å². The number of anilines is 1. The molecular weight excluding hydrogens is 463 g/mol. The zero-order valence-electron chi connectivity index (χ0n) is 15.8. The van der Waals surface area contributed by atoms with Crippen molar-refractivity contribution in [1.82, 2.24) is 4.57 Å². The third-order valence-corrected chi connectivity index (χ3v) is 4.31. The molecule has 3 rings (SSSR count). The molecule has 0 bridgehead atoms. The zero-order valence-corrected chi connectivity index (χ0v) is 18.2. The Balaban J connectivity index is 0.00000280. The van der Waals surface area contributed by atoms with Gasteiger partial charge in [-0.3, -0.25) is 4.79 Å². The number of nitrogens with zero attached hydrogens (tertiary/aromatic N) is 2. The lowest BCUT2D eigenvalue weighted by Gasteiger charge is -2.08. The average Bonchev–Trinajstić information content (AvgIpc) is 2.69. The van der Waals surface area contributed by atoms with Crippen molar-refractivity contribution < 1.29 is 0 Å². The number of halogens is 1. The molecule has 146 valence electrons. The summed E-state index contributed by atoms with van der Waals surface area (Å²) in [6, 6.07) is 21.4. The van der Waals surface area contributed by atoms with Crippen molar-refractivity contribution in [3.05, 3.63) is 100.0 Å². The maximum absolute atomic E-state index is 11.8. The lowest BCUT2D eigenvalue weighted by atomic mass is 10.1. The van der Waals surface area contributed by atoms with Gasteiger partial charge in [0.05, 0.1) is 13.1 Å². The van der Waals surface area contributed by atoms with Crippen molar-refractivity contribution in [1.29, 1.82) is 0 Å². The molecule has 28 heavy (non-hydrogen) atoms. The lowest BCUT2D eigenvalue weighted by Crippen LogP contribution is -2.22. The van der Waals surface area contributed by atoms with E-state index in [1.807, 2.05) is 42.5 Å². The van der Waals surface area contributed by atoms with Crippen molar-refractivity contribution in [2.75, 3.05) is 5.32 Å². The minimum Gasteiger partial charge on any atom is -0.370 e. The molecular formula is C22H25IN4O. The molecule has 0 aliphatic heterocycles. The molecule has 3 N–H and O–H groups in total. The van der Waals surface area contributed by atoms with Gasteiger partial charge in [0.1, 0.15) is 0 Å². The zero-order chi connectivity index (χ0) is 19.1. The van der Waals surface area contributed by atoms with E-state index < -0.39 is 0 Å². The average molecular weight is 488 g/mol. The third kappa shape index (κ3) is 6.23. The summed E-state index contributed by atoms with van der Waals surface area (Å²) in [7, 11) is 0. The van der Waals surface area contributed by atoms with E-state index in [0.29, 0.717) is 19.0 Å². The highest BCUT2D eigenvalue weighted by atomic mass is 127. The lowest BCUT2D eigenvalue weighted by molar-refractivity contribution is 0.759. The molecule has 5 nitrogen and oxygen atoms in total. The molecule has 0 saturated heterocycles. The maximum Gasteiger partial charge on any atom is 0.250 e. The van der Waals surface area contributed by atoms with Crippen LogP contribution in [-0.2, 0) is 19.5 Å². The predicted molar refractivity (Wildman–Crippen MR) is 126 cm³/mol. The van der Waals surface area contributed by atoms with E-state index in [4.69, 9.17) is 5.73 Å². The quantitative estimate of drug-likeness (QED) is 0.313. The molecule has 2 aromatic carbocycles. The van der Waals surface area contributed by atoms with Gasteiger partial charge in [0.25, 0.3) is 5.56 Å². The Morgan fingerprint density at radius 1 is 1.00 bits per heavy atom. The Kier molecular flexibility index (Phi) is 8.25. The van der Waals surface area contributed by atoms with Gasteiger partial charge in [-0.25, -0.2) is 4.99 Å². The fourth-order valence-electron chi connectivity index (χ4n) is 2.77. The number of aromatic nitrogens is 1. The second-order valence-corrected chi connectivity index (χ2v) is 6.36. The first-order valence-electron chi connectivity index (χ1n) is 9.03. The van der Waals surface area contributed by atoms with E-state index in [2.05, 4.69) is 29.4 Å². The van der Waals surface area contributed by atoms with Gasteiger partial charge in [0.15, 0.2) is 5.96 Å². The van der Waals surface area contributed by atoms with E-state index in [9.17, 15) is 4.79 Å². The molecule has 0 saturated carbocycles. The molecule has 3 aromatic rings. The van der Waals surface area contributed by atoms with Crippen LogP contribution in [0.2, 0.25) is 0 Å². The molecule has 0 spiro atoms. The van der Waals surface area contributed by atoms with Crippen molar-refractivity contribution >= 4 is 35.6 Å². The first-order chi connectivity index (χ1) is 13.1. The molecule has 0 atom stereocenters. The number of nitrogens with one attached hydrogen (secondary N) is 1. The number of rotatable bonds is 6. The van der Waals surface area contributed by atoms with Gasteiger partial charge in [0, 0.05) is 18.0 Å². The maximum atomic E-state index is 11.8. The number of benzene rings is 2. The van der Waals surface area contributed by atoms with Crippen molar-refractivity contribution in [2.24, 2.45) is 10.7 Å². The Bertz CT molecular complexity index is 980. The van der Waals surface area contributed by atoms with Crippen molar-refractivity contribution in [3.63, 3.8) is 0 Å². The van der Waals surface area contributed by atoms with E-state index in [1.54, 1.807) is 22.9 Å². The molecule has 0 aliphatic rings. The summed E-state index contributed by atoms with van der Waals surface area (Å²) in [6.45, 7) is 3.17. The molecule has 1 heterocycles. The first-order valence-corrected chi connectivity index (χ1v) is 9.03. The summed E-state index contributed by atoms with van der Waals surface area (Å²) in [5.41, 5.74) is 10.3. The second-order valence-electron chi connectivity index (χ2n) is 6.36. The van der Waals surface area contributed by atoms with Gasteiger partial charge in [-0.15, -0.1) is 24.0 Å². The Morgan fingerprint density at radius 2 is 1.75 bits per heavy atom. The van der Waals surface area contributed by atoms with Crippen LogP contribution in [0.1, 0.15) is 23.6 Å². The Morgan fingerprint density at radius 3 is 2.46 bits per heavy atom. The van der Waals surface area contributed by atoms with Crippen LogP contribution in [-0.4, -0.2) is 10.5 Å². The standard InChI is InChI=1S/C22H24N4O.HI/c1-2-17-6-5-7-20(14-17)25-22(23)24-15-18-9-11-19(12-10-18)16-26-13-4-3-8-21(26)27;/h3-14H,2,15-16H2,1H3,(H3,23,24,25);1H. The predicted octanol–water partition coefficient (Wildman–Crippen LogP) is 4.00. The number of pyridine rings is 1. The van der Waals surface area contributed by atoms with Crippen LogP contribution in [0.4, 0.5) is 5.69 Å². The van der Waals surface area contributed by atoms with Crippen LogP contribution in [0.15, 0.2) is 82.7 Å². The number of aryl methyl sites for hydroxylation is 1. The Hall–Kier alpha value is -2.61. The van der Waals surface area contributed by atoms with Gasteiger partial charge >= 0.3 is 0 Å². The summed E-state index contributed by atoms with van der Waals surface area (Å²) in [4.78, 5) is 16.2. The van der Waals surface area contributed by atoms with Crippen LogP contribution in [0, 0.1) is 0 Å². The number of hydrogen-bond acceptors (Lipinski definition) is 2. The normalized spacial score (nSPS) is 11.0. The van der Waals surface area contributed by atoms with Crippen LogP contribution in [0.3, 0.4) is 0 Å². The fraction of sp³-hybridized carbons (Fsp3) is 0.182. The first kappa shape index (κ1) is 21.7. The summed E-state index contributed by atoms with van der Waals surface area (Å²) >= 11 is 0. The monoisotopic (exact) mass is 488 g/mol. The van der Waals surface area contributed by atoms with Crippen molar-refractivity contribution in [2.45, 2.75) is 26.4 Å². The minimum atomic E-state index is -0.00262. The number of aliphatic imine (C=N–C) groups is 1. The minimum absolute atomic E-state index is 0. The van der Waals surface area contributed by atoms with Crippen LogP contribution < -0.4 is 16.6 Å². The third-order valence-electron chi connectivity index (χ3n) is 4.31. The van der Waals surface area contributed by atoms with E-state index in [1.165, 1.54) is 5.56 Å². The molecule has 6 heteroatoms. The molecule has 1 aromatic heterocycles. The van der Waals surface area contributed by atoms with Crippen LogP contribution in [0.25, 0.3) is 0 Å². The SMILES string of the molecule is CCc1cccc(NC(N)=NCc2ccc(Cn3ccccc3=O)cc2)c1.I.